The van der Waals surface area contributed by atoms with E-state index in [-0.39, 0.29) is 6.54 Å². The van der Waals surface area contributed by atoms with E-state index in [0.29, 0.717) is 6.54 Å². The molecule has 0 aliphatic carbocycles. The number of carbonyl (C=O) groups is 1. The lowest BCUT2D eigenvalue weighted by Gasteiger charge is -2.09. The van der Waals surface area contributed by atoms with Crippen LogP contribution < -0.4 is 10.6 Å². The Morgan fingerprint density at radius 1 is 1.19 bits per heavy atom. The van der Waals surface area contributed by atoms with Crippen molar-refractivity contribution in [2.24, 2.45) is 0 Å². The Morgan fingerprint density at radius 2 is 1.90 bits per heavy atom. The van der Waals surface area contributed by atoms with Crippen LogP contribution in [-0.2, 0) is 0 Å². The average molecular weight is 356 g/mol. The van der Waals surface area contributed by atoms with Crippen LogP contribution in [0, 0.1) is 11.6 Å². The number of anilines is 1. The van der Waals surface area contributed by atoms with Gasteiger partial charge in [-0.3, -0.25) is 9.78 Å². The molecular formula is C14H12BrF2N3O. The maximum absolute atomic E-state index is 13.4. The number of hydrogen-bond acceptors (Lipinski definition) is 3. The van der Waals surface area contributed by atoms with E-state index in [9.17, 15) is 13.6 Å². The molecule has 1 amide bonds. The van der Waals surface area contributed by atoms with Gasteiger partial charge < -0.3 is 10.6 Å². The van der Waals surface area contributed by atoms with Gasteiger partial charge in [0, 0.05) is 23.8 Å². The van der Waals surface area contributed by atoms with Crippen molar-refractivity contribution in [3.8, 4) is 0 Å². The molecule has 0 spiro atoms. The molecule has 21 heavy (non-hydrogen) atoms. The number of amides is 1. The third kappa shape index (κ3) is 4.22. The molecule has 0 atom stereocenters. The van der Waals surface area contributed by atoms with E-state index in [1.54, 1.807) is 12.4 Å². The summed E-state index contributed by atoms with van der Waals surface area (Å²) in [6.07, 6.45) is 3.27. The lowest BCUT2D eigenvalue weighted by Crippen LogP contribution is -2.30. The van der Waals surface area contributed by atoms with Gasteiger partial charge in [-0.1, -0.05) is 6.07 Å². The molecule has 2 aromatic rings. The first-order chi connectivity index (χ1) is 10.1. The minimum absolute atomic E-state index is 0.221. The molecule has 110 valence electrons. The van der Waals surface area contributed by atoms with E-state index in [2.05, 4.69) is 31.5 Å². The quantitative estimate of drug-likeness (QED) is 0.810. The predicted molar refractivity (Wildman–Crippen MR) is 79.1 cm³/mol. The van der Waals surface area contributed by atoms with Gasteiger partial charge >= 0.3 is 0 Å². The van der Waals surface area contributed by atoms with Crippen LogP contribution in [0.25, 0.3) is 0 Å². The zero-order chi connectivity index (χ0) is 15.2. The van der Waals surface area contributed by atoms with Crippen LogP contribution in [0.4, 0.5) is 14.5 Å². The highest BCUT2D eigenvalue weighted by Gasteiger charge is 2.16. The maximum Gasteiger partial charge on any atom is 0.257 e. The highest BCUT2D eigenvalue weighted by atomic mass is 79.9. The molecule has 0 aliphatic rings. The highest BCUT2D eigenvalue weighted by Crippen LogP contribution is 2.13. The fraction of sp³-hybridized carbons (Fsp3) is 0.143. The zero-order valence-electron chi connectivity index (χ0n) is 10.9. The molecule has 1 heterocycles. The van der Waals surface area contributed by atoms with Crippen LogP contribution in [0.1, 0.15) is 10.4 Å². The van der Waals surface area contributed by atoms with E-state index in [4.69, 9.17) is 0 Å². The second-order valence-corrected chi connectivity index (χ2v) is 5.09. The van der Waals surface area contributed by atoms with Gasteiger partial charge in [-0.05, 0) is 34.1 Å². The van der Waals surface area contributed by atoms with Gasteiger partial charge in [0.1, 0.15) is 17.2 Å². The summed E-state index contributed by atoms with van der Waals surface area (Å²) in [6.45, 7) is 0.624. The molecule has 1 aromatic heterocycles. The Morgan fingerprint density at radius 3 is 2.57 bits per heavy atom. The van der Waals surface area contributed by atoms with Crippen LogP contribution in [0.3, 0.4) is 0 Å². The summed E-state index contributed by atoms with van der Waals surface area (Å²) >= 11 is 3.29. The number of pyridine rings is 1. The van der Waals surface area contributed by atoms with E-state index < -0.39 is 23.1 Å². The second-order valence-electron chi connectivity index (χ2n) is 4.17. The number of benzene rings is 1. The summed E-state index contributed by atoms with van der Waals surface area (Å²) in [6, 6.07) is 5.13. The van der Waals surface area contributed by atoms with Crippen LogP contribution in [-0.4, -0.2) is 24.0 Å². The van der Waals surface area contributed by atoms with Gasteiger partial charge in [-0.25, -0.2) is 8.78 Å². The fourth-order valence-corrected chi connectivity index (χ4v) is 2.06. The number of aromatic nitrogens is 1. The van der Waals surface area contributed by atoms with E-state index in [0.717, 1.165) is 22.3 Å². The Hall–Kier alpha value is -2.02. The summed E-state index contributed by atoms with van der Waals surface area (Å²) in [5.41, 5.74) is 0.206. The highest BCUT2D eigenvalue weighted by molar-refractivity contribution is 9.10. The number of hydrogen-bond donors (Lipinski definition) is 2. The minimum atomic E-state index is -0.878. The van der Waals surface area contributed by atoms with Gasteiger partial charge in [0.25, 0.3) is 5.91 Å². The third-order valence-corrected chi connectivity index (χ3v) is 3.07. The Bertz CT molecular complexity index is 632. The van der Waals surface area contributed by atoms with E-state index >= 15 is 0 Å². The average Bonchev–Trinajstić information content (AvgIpc) is 2.43. The molecule has 0 aliphatic heterocycles. The molecule has 0 fully saturated rings. The van der Waals surface area contributed by atoms with Crippen molar-refractivity contribution in [3.63, 3.8) is 0 Å². The molecule has 7 heteroatoms. The van der Waals surface area contributed by atoms with Crippen molar-refractivity contribution < 1.29 is 13.6 Å². The normalized spacial score (nSPS) is 10.2. The molecular weight excluding hydrogens is 344 g/mol. The van der Waals surface area contributed by atoms with Crippen molar-refractivity contribution in [2.75, 3.05) is 18.4 Å². The van der Waals surface area contributed by atoms with Crippen molar-refractivity contribution >= 4 is 27.5 Å². The van der Waals surface area contributed by atoms with E-state index in [1.807, 2.05) is 6.07 Å². The SMILES string of the molecule is O=C(NCCNc1cncc(Br)c1)c1c(F)cccc1F. The van der Waals surface area contributed by atoms with Crippen LogP contribution in [0.2, 0.25) is 0 Å². The monoisotopic (exact) mass is 355 g/mol. The molecule has 0 unspecified atom stereocenters. The van der Waals surface area contributed by atoms with Gasteiger partial charge in [0.15, 0.2) is 0 Å². The lowest BCUT2D eigenvalue weighted by molar-refractivity contribution is 0.0947. The van der Waals surface area contributed by atoms with Gasteiger partial charge in [0.2, 0.25) is 0 Å². The summed E-state index contributed by atoms with van der Waals surface area (Å²) in [4.78, 5) is 15.7. The number of rotatable bonds is 5. The first kappa shape index (κ1) is 15.4. The Kier molecular flexibility index (Phi) is 5.21. The van der Waals surface area contributed by atoms with Crippen molar-refractivity contribution in [2.45, 2.75) is 0 Å². The number of nitrogens with one attached hydrogen (secondary N) is 2. The second kappa shape index (κ2) is 7.12. The molecule has 4 nitrogen and oxygen atoms in total. The van der Waals surface area contributed by atoms with Crippen LogP contribution in [0.5, 0.6) is 0 Å². The third-order valence-electron chi connectivity index (χ3n) is 2.63. The van der Waals surface area contributed by atoms with Gasteiger partial charge in [-0.15, -0.1) is 0 Å². The number of halogens is 3. The molecule has 1 aromatic carbocycles. The molecule has 0 radical (unpaired) electrons. The first-order valence-electron chi connectivity index (χ1n) is 6.14. The summed E-state index contributed by atoms with van der Waals surface area (Å²) in [7, 11) is 0. The molecule has 2 rings (SSSR count). The molecule has 0 saturated heterocycles. The van der Waals surface area contributed by atoms with E-state index in [1.165, 1.54) is 6.07 Å². The largest absolute Gasteiger partial charge is 0.382 e. The van der Waals surface area contributed by atoms with Crippen LogP contribution >= 0.6 is 15.9 Å². The fourth-order valence-electron chi connectivity index (χ4n) is 1.69. The van der Waals surface area contributed by atoms with Gasteiger partial charge in [0.05, 0.1) is 11.9 Å². The zero-order valence-corrected chi connectivity index (χ0v) is 12.5. The topological polar surface area (TPSA) is 54.0 Å². The van der Waals surface area contributed by atoms with Crippen molar-refractivity contribution in [1.82, 2.24) is 10.3 Å². The standard InChI is InChI=1S/C14H12BrF2N3O/c15-9-6-10(8-18-7-9)19-4-5-20-14(21)13-11(16)2-1-3-12(13)17/h1-3,6-8,19H,4-5H2,(H,20,21). The predicted octanol–water partition coefficient (Wildman–Crippen LogP) is 2.96. The number of carbonyl (C=O) groups excluding carboxylic acids is 1. The molecule has 2 N–H and O–H groups in total. The minimum Gasteiger partial charge on any atom is -0.382 e. The lowest BCUT2D eigenvalue weighted by atomic mass is 10.2. The number of nitrogens with zero attached hydrogens (tertiary/aromatic N) is 1. The summed E-state index contributed by atoms with van der Waals surface area (Å²) in [5, 5.41) is 5.48. The van der Waals surface area contributed by atoms with Gasteiger partial charge in [-0.2, -0.15) is 0 Å². The smallest absolute Gasteiger partial charge is 0.257 e. The summed E-state index contributed by atoms with van der Waals surface area (Å²) in [5.74, 6) is -2.53. The Labute approximate surface area is 128 Å². The maximum atomic E-state index is 13.4. The van der Waals surface area contributed by atoms with Crippen molar-refractivity contribution in [1.29, 1.82) is 0 Å². The molecule has 0 bridgehead atoms. The summed E-state index contributed by atoms with van der Waals surface area (Å²) < 4.78 is 27.6. The first-order valence-corrected chi connectivity index (χ1v) is 6.94. The molecule has 0 saturated carbocycles. The van der Waals surface area contributed by atoms with Crippen LogP contribution in [0.15, 0.2) is 41.1 Å². The van der Waals surface area contributed by atoms with Crippen molar-refractivity contribution in [3.05, 3.63) is 58.3 Å². The Balaban J connectivity index is 1.85.